The zero-order valence-corrected chi connectivity index (χ0v) is 57.7. The van der Waals surface area contributed by atoms with Crippen molar-refractivity contribution in [2.24, 2.45) is 10.8 Å². The third kappa shape index (κ3) is 17.1. The van der Waals surface area contributed by atoms with Crippen molar-refractivity contribution in [1.29, 1.82) is 0 Å². The number of ether oxygens (including phenoxy) is 2. The second-order valence-electron chi connectivity index (χ2n) is 28.7. The molecule has 0 saturated heterocycles. The maximum atomic E-state index is 11.9. The quantitative estimate of drug-likeness (QED) is 0.0515. The van der Waals surface area contributed by atoms with Crippen molar-refractivity contribution in [1.82, 2.24) is 0 Å². The number of esters is 1. The highest BCUT2D eigenvalue weighted by Crippen LogP contribution is 2.45. The van der Waals surface area contributed by atoms with Crippen LogP contribution in [0, 0.1) is 38.5 Å². The minimum absolute atomic E-state index is 0.0405. The predicted molar refractivity (Wildman–Crippen MR) is 348 cm³/mol. The molecule has 0 amide bonds. The number of phenolic OH excluding ortho intramolecular Hbond substituents is 1. The Morgan fingerprint density at radius 1 is 0.519 bits per heavy atom. The van der Waals surface area contributed by atoms with Gasteiger partial charge in [0.25, 0.3) is 0 Å². The second-order valence-corrected chi connectivity index (χ2v) is 38.2. The Labute approximate surface area is 496 Å². The van der Waals surface area contributed by atoms with E-state index in [4.69, 9.17) is 22.7 Å². The summed E-state index contributed by atoms with van der Waals surface area (Å²) in [5.41, 5.74) is 12.9. The van der Waals surface area contributed by atoms with E-state index in [1.54, 1.807) is 19.1 Å². The molecule has 1 N–H and O–H groups in total. The number of aryl methyl sites for hydroxylation is 6. The number of hydrogen-bond donors (Lipinski definition) is 1. The van der Waals surface area contributed by atoms with Crippen molar-refractivity contribution in [2.75, 3.05) is 6.61 Å². The Bertz CT molecular complexity index is 2810. The molecule has 5 rings (SSSR count). The Hall–Kier alpha value is -4.42. The van der Waals surface area contributed by atoms with Gasteiger partial charge in [-0.25, -0.2) is 4.79 Å². The molecule has 2 atom stereocenters. The number of rotatable bonds is 23. The van der Waals surface area contributed by atoms with E-state index in [-0.39, 0.29) is 56.3 Å². The highest BCUT2D eigenvalue weighted by Gasteiger charge is 2.43. The Morgan fingerprint density at radius 2 is 0.901 bits per heavy atom. The normalized spacial score (nSPS) is 13.8. The molecule has 81 heavy (non-hydrogen) atoms. The zero-order chi connectivity index (χ0) is 61.3. The van der Waals surface area contributed by atoms with Crippen LogP contribution in [0.25, 0.3) is 0 Å². The summed E-state index contributed by atoms with van der Waals surface area (Å²) in [5, 5.41) is 10.5. The van der Waals surface area contributed by atoms with Crippen LogP contribution in [0.4, 0.5) is 0 Å². The van der Waals surface area contributed by atoms with E-state index in [9.17, 15) is 9.90 Å². The van der Waals surface area contributed by atoms with E-state index in [2.05, 4.69) is 224 Å². The second kappa shape index (κ2) is 27.5. The van der Waals surface area contributed by atoms with E-state index in [0.717, 1.165) is 68.2 Å². The van der Waals surface area contributed by atoms with E-state index in [0.29, 0.717) is 18.1 Å². The van der Waals surface area contributed by atoms with Crippen LogP contribution in [0.2, 0.25) is 36.3 Å². The van der Waals surface area contributed by atoms with E-state index in [1.165, 1.54) is 44.5 Å². The van der Waals surface area contributed by atoms with Crippen molar-refractivity contribution in [2.45, 2.75) is 263 Å². The Kier molecular flexibility index (Phi) is 23.5. The summed E-state index contributed by atoms with van der Waals surface area (Å²) in [6.45, 7) is 57.4. The third-order valence-electron chi connectivity index (χ3n) is 19.0. The lowest BCUT2D eigenvalue weighted by Crippen LogP contribution is -2.47. The van der Waals surface area contributed by atoms with Crippen LogP contribution < -0.4 is 4.74 Å². The van der Waals surface area contributed by atoms with E-state index < -0.39 is 22.6 Å². The standard InChI is InChI=1S/C40H60O5Si.C32H52O2Si/c1-14-40(15-2,32-20-22-34(29(5)26-32)43-27-33-21-23-35(44-33)37(41)42-16-3)31-19-17-30(28(4)25-31)18-24-36(38(6,7)8)45-46(12,13)39(9,10)11;1-13-32(14-2,27-18-19-28(33)24(4)22-27)26-17-15-25(23(3)21-26)16-20-29(30(5,6)7)34-35(11,12)31(8,9)10/h17,19-23,25-26,36H,14-16,18,24,27H2,1-13H3;15,17-19,21-22,29,33H,13-14,16,20H2,1-12H3. The first-order chi connectivity index (χ1) is 37.4. The van der Waals surface area contributed by atoms with Crippen LogP contribution in [0.3, 0.4) is 0 Å². The number of benzene rings is 4. The minimum Gasteiger partial charge on any atom is -0.508 e. The lowest BCUT2D eigenvalue weighted by molar-refractivity contribution is 0.0486. The molecule has 9 heteroatoms. The fourth-order valence-corrected chi connectivity index (χ4v) is 14.0. The number of aromatic hydroxyl groups is 1. The SMILES string of the molecule is CCC(CC)(c1ccc(O)c(C)c1)c1ccc(CCC(O[Si](C)(C)C(C)(C)C)C(C)(C)C)c(C)c1.CCOC(=O)c1ccc(COc2ccc(C(CC)(CC)c3ccc(CCC(O[Si](C)(C)C(C)(C)C)C(C)(C)C)c(C)c3)cc2C)o1. The molecular formula is C72H112O7Si2. The van der Waals surface area contributed by atoms with Gasteiger partial charge in [0.15, 0.2) is 16.6 Å². The summed E-state index contributed by atoms with van der Waals surface area (Å²) >= 11 is 0. The van der Waals surface area contributed by atoms with Crippen molar-refractivity contribution in [3.05, 3.63) is 152 Å². The number of carbonyl (C=O) groups excluding carboxylic acids is 1. The van der Waals surface area contributed by atoms with Crippen LogP contribution in [0.5, 0.6) is 11.5 Å². The molecule has 7 nitrogen and oxygen atoms in total. The average molecular weight is 1150 g/mol. The maximum absolute atomic E-state index is 11.9. The molecule has 4 aromatic carbocycles. The van der Waals surface area contributed by atoms with Gasteiger partial charge in [-0.2, -0.15) is 0 Å². The van der Waals surface area contributed by atoms with Gasteiger partial charge in [-0.05, 0) is 213 Å². The third-order valence-corrected chi connectivity index (χ3v) is 27.9. The lowest BCUT2D eigenvalue weighted by Gasteiger charge is -2.43. The summed E-state index contributed by atoms with van der Waals surface area (Å²) in [5.74, 6) is 1.49. The van der Waals surface area contributed by atoms with Gasteiger partial charge in [-0.15, -0.1) is 0 Å². The minimum atomic E-state index is -1.88. The monoisotopic (exact) mass is 1140 g/mol. The highest BCUT2D eigenvalue weighted by atomic mass is 28.4. The van der Waals surface area contributed by atoms with Gasteiger partial charge in [-0.3, -0.25) is 0 Å². The predicted octanol–water partition coefficient (Wildman–Crippen LogP) is 20.6. The maximum Gasteiger partial charge on any atom is 0.374 e. The summed E-state index contributed by atoms with van der Waals surface area (Å²) in [4.78, 5) is 11.9. The van der Waals surface area contributed by atoms with Crippen LogP contribution in [-0.4, -0.2) is 46.5 Å². The molecule has 5 aromatic rings. The van der Waals surface area contributed by atoms with Gasteiger partial charge in [0, 0.05) is 10.8 Å². The molecule has 0 saturated carbocycles. The lowest BCUT2D eigenvalue weighted by atomic mass is 9.69. The number of carbonyl (C=O) groups is 1. The number of phenols is 1. The molecule has 1 aromatic heterocycles. The van der Waals surface area contributed by atoms with Gasteiger partial charge in [0.05, 0.1) is 18.8 Å². The van der Waals surface area contributed by atoms with Crippen molar-refractivity contribution < 1.29 is 32.6 Å². The fraction of sp³-hybridized carbons (Fsp3) is 0.597. The highest BCUT2D eigenvalue weighted by molar-refractivity contribution is 6.74. The van der Waals surface area contributed by atoms with Gasteiger partial charge >= 0.3 is 5.97 Å². The number of hydrogen-bond acceptors (Lipinski definition) is 7. The summed E-state index contributed by atoms with van der Waals surface area (Å²) < 4.78 is 30.7. The molecule has 0 radical (unpaired) electrons. The first-order valence-electron chi connectivity index (χ1n) is 30.7. The summed E-state index contributed by atoms with van der Waals surface area (Å²) in [6.07, 6.45) is 8.61. The van der Waals surface area contributed by atoms with Crippen LogP contribution in [0.1, 0.15) is 228 Å². The summed E-state index contributed by atoms with van der Waals surface area (Å²) in [6, 6.07) is 30.3. The van der Waals surface area contributed by atoms with Gasteiger partial charge in [-0.1, -0.05) is 171 Å². The molecule has 0 aliphatic carbocycles. The van der Waals surface area contributed by atoms with E-state index >= 15 is 0 Å². The van der Waals surface area contributed by atoms with Crippen molar-refractivity contribution in [3.63, 3.8) is 0 Å². The average Bonchev–Trinajstić information content (AvgIpc) is 3.87. The number of furan rings is 1. The summed E-state index contributed by atoms with van der Waals surface area (Å²) in [7, 11) is -3.72. The molecule has 2 unspecified atom stereocenters. The molecular weight excluding hydrogens is 1030 g/mol. The van der Waals surface area contributed by atoms with Gasteiger partial charge < -0.3 is 27.8 Å². The molecule has 0 bridgehead atoms. The fourth-order valence-electron chi connectivity index (χ4n) is 11.0. The van der Waals surface area contributed by atoms with E-state index in [1.807, 2.05) is 13.0 Å². The molecule has 0 aliphatic heterocycles. The van der Waals surface area contributed by atoms with Crippen molar-refractivity contribution in [3.8, 4) is 11.5 Å². The van der Waals surface area contributed by atoms with Crippen LogP contribution >= 0.6 is 0 Å². The van der Waals surface area contributed by atoms with Crippen molar-refractivity contribution >= 4 is 22.6 Å². The van der Waals surface area contributed by atoms with Crippen LogP contribution in [-0.2, 0) is 43.9 Å². The zero-order valence-electron chi connectivity index (χ0n) is 55.7. The molecule has 0 fully saturated rings. The van der Waals surface area contributed by atoms with Gasteiger partial charge in [0.2, 0.25) is 5.76 Å². The largest absolute Gasteiger partial charge is 0.508 e. The first-order valence-corrected chi connectivity index (χ1v) is 36.5. The first kappa shape index (κ1) is 69.1. The van der Waals surface area contributed by atoms with Gasteiger partial charge in [0.1, 0.15) is 23.9 Å². The molecule has 1 heterocycles. The topological polar surface area (TPSA) is 87.4 Å². The molecule has 0 spiro atoms. The Morgan fingerprint density at radius 3 is 1.25 bits per heavy atom. The molecule has 450 valence electrons. The molecule has 0 aliphatic rings. The van der Waals surface area contributed by atoms with Crippen LogP contribution in [0.15, 0.2) is 89.3 Å². The smallest absolute Gasteiger partial charge is 0.374 e. The Balaban J connectivity index is 0.000000362.